The highest BCUT2D eigenvalue weighted by Gasteiger charge is 2.28. The van der Waals surface area contributed by atoms with Gasteiger partial charge >= 0.3 is 6.09 Å². The van der Waals surface area contributed by atoms with E-state index < -0.39 is 0 Å². The summed E-state index contributed by atoms with van der Waals surface area (Å²) in [5.74, 6) is -0.254. The van der Waals surface area contributed by atoms with Gasteiger partial charge in [-0.2, -0.15) is 5.26 Å². The number of thiophene rings is 1. The summed E-state index contributed by atoms with van der Waals surface area (Å²) in [6, 6.07) is 11.1. The first-order valence-corrected chi connectivity index (χ1v) is 9.78. The number of benzene rings is 1. The number of amides is 2. The normalized spacial score (nSPS) is 13.0. The monoisotopic (exact) mass is 398 g/mol. The molecule has 1 aromatic heterocycles. The van der Waals surface area contributed by atoms with E-state index in [1.54, 1.807) is 29.2 Å². The van der Waals surface area contributed by atoms with E-state index in [-0.39, 0.29) is 12.0 Å². The molecule has 3 rings (SSSR count). The van der Waals surface area contributed by atoms with Crippen LogP contribution in [0.4, 0.5) is 9.80 Å². The van der Waals surface area contributed by atoms with E-state index in [2.05, 4.69) is 11.4 Å². The first kappa shape index (κ1) is 19.9. The van der Waals surface area contributed by atoms with Gasteiger partial charge < -0.3 is 19.9 Å². The standard InChI is InChI=1S/C20H22N4O3S/c1-23(2)10-11-27-20(26)24-9-8-15-16(12-21)19(28-17(15)13-24)22-18(25)14-6-4-3-5-7-14/h3-7H,8-11,13H2,1-2H3,(H,22,25). The largest absolute Gasteiger partial charge is 0.448 e. The molecule has 0 saturated heterocycles. The Morgan fingerprint density at radius 1 is 1.32 bits per heavy atom. The van der Waals surface area contributed by atoms with Gasteiger partial charge in [0.05, 0.1) is 12.1 Å². The minimum absolute atomic E-state index is 0.254. The van der Waals surface area contributed by atoms with Crippen LogP contribution in [0.2, 0.25) is 0 Å². The maximum absolute atomic E-state index is 12.4. The van der Waals surface area contributed by atoms with Crippen LogP contribution in [0.1, 0.15) is 26.4 Å². The fourth-order valence-electron chi connectivity index (χ4n) is 2.94. The lowest BCUT2D eigenvalue weighted by Crippen LogP contribution is -2.36. The molecular formula is C20H22N4O3S. The van der Waals surface area contributed by atoms with Crippen LogP contribution >= 0.6 is 11.3 Å². The smallest absolute Gasteiger partial charge is 0.410 e. The molecular weight excluding hydrogens is 376 g/mol. The lowest BCUT2D eigenvalue weighted by molar-refractivity contribution is 0.0923. The molecule has 7 nitrogen and oxygen atoms in total. The third-order valence-corrected chi connectivity index (χ3v) is 5.59. The van der Waals surface area contributed by atoms with Gasteiger partial charge in [-0.05, 0) is 38.2 Å². The molecule has 2 amide bonds. The molecule has 28 heavy (non-hydrogen) atoms. The summed E-state index contributed by atoms with van der Waals surface area (Å²) in [5, 5.41) is 13.0. The van der Waals surface area contributed by atoms with Crippen LogP contribution in [0.5, 0.6) is 0 Å². The number of carbonyl (C=O) groups is 2. The van der Waals surface area contributed by atoms with Gasteiger partial charge in [-0.15, -0.1) is 11.3 Å². The maximum Gasteiger partial charge on any atom is 0.410 e. The molecule has 2 aromatic rings. The first-order valence-electron chi connectivity index (χ1n) is 8.97. The molecule has 2 heterocycles. The third-order valence-electron chi connectivity index (χ3n) is 4.45. The van der Waals surface area contributed by atoms with Gasteiger partial charge in [0.15, 0.2) is 0 Å². The van der Waals surface area contributed by atoms with Crippen molar-refractivity contribution in [3.63, 3.8) is 0 Å². The SMILES string of the molecule is CN(C)CCOC(=O)N1CCc2c(sc(NC(=O)c3ccccc3)c2C#N)C1. The highest BCUT2D eigenvalue weighted by Crippen LogP contribution is 2.37. The number of carbonyl (C=O) groups excluding carboxylic acids is 2. The number of anilines is 1. The van der Waals surface area contributed by atoms with Gasteiger partial charge in [0.1, 0.15) is 17.7 Å². The summed E-state index contributed by atoms with van der Waals surface area (Å²) in [7, 11) is 3.84. The number of nitrogens with one attached hydrogen (secondary N) is 1. The Morgan fingerprint density at radius 2 is 2.07 bits per heavy atom. The molecule has 8 heteroatoms. The van der Waals surface area contributed by atoms with Crippen LogP contribution in [-0.4, -0.2) is 55.6 Å². The van der Waals surface area contributed by atoms with Crippen LogP contribution in [0.15, 0.2) is 30.3 Å². The van der Waals surface area contributed by atoms with Crippen LogP contribution in [0, 0.1) is 11.3 Å². The number of ether oxygens (including phenoxy) is 1. The molecule has 0 aliphatic carbocycles. The molecule has 0 atom stereocenters. The Kier molecular flexibility index (Phi) is 6.29. The zero-order chi connectivity index (χ0) is 20.1. The van der Waals surface area contributed by atoms with Gasteiger partial charge in [-0.1, -0.05) is 18.2 Å². The van der Waals surface area contributed by atoms with Crippen molar-refractivity contribution in [1.82, 2.24) is 9.80 Å². The Labute approximate surface area is 168 Å². The fraction of sp³-hybridized carbons (Fsp3) is 0.350. The van der Waals surface area contributed by atoms with Crippen molar-refractivity contribution >= 4 is 28.3 Å². The third kappa shape index (κ3) is 4.50. The zero-order valence-corrected chi connectivity index (χ0v) is 16.7. The molecule has 0 radical (unpaired) electrons. The summed E-state index contributed by atoms with van der Waals surface area (Å²) >= 11 is 1.35. The van der Waals surface area contributed by atoms with E-state index in [4.69, 9.17) is 4.74 Å². The van der Waals surface area contributed by atoms with E-state index in [0.717, 1.165) is 10.4 Å². The summed E-state index contributed by atoms with van der Waals surface area (Å²) in [6.45, 7) is 1.88. The van der Waals surface area contributed by atoms with Crippen molar-refractivity contribution in [2.45, 2.75) is 13.0 Å². The van der Waals surface area contributed by atoms with Gasteiger partial charge in [-0.25, -0.2) is 4.79 Å². The average Bonchev–Trinajstić information content (AvgIpc) is 3.04. The van der Waals surface area contributed by atoms with Gasteiger partial charge in [0.2, 0.25) is 0 Å². The molecule has 0 unspecified atom stereocenters. The van der Waals surface area contributed by atoms with Crippen LogP contribution in [-0.2, 0) is 17.7 Å². The Balaban J connectivity index is 1.71. The summed E-state index contributed by atoms with van der Waals surface area (Å²) in [6.07, 6.45) is 0.216. The minimum Gasteiger partial charge on any atom is -0.448 e. The van der Waals surface area contributed by atoms with Crippen molar-refractivity contribution < 1.29 is 14.3 Å². The Bertz CT molecular complexity index is 902. The summed E-state index contributed by atoms with van der Waals surface area (Å²) in [4.78, 5) is 29.2. The van der Waals surface area contributed by atoms with Crippen LogP contribution < -0.4 is 5.32 Å². The molecule has 1 aromatic carbocycles. The Morgan fingerprint density at radius 3 is 2.75 bits per heavy atom. The molecule has 1 N–H and O–H groups in total. The number of hydrogen-bond acceptors (Lipinski definition) is 6. The lowest BCUT2D eigenvalue weighted by Gasteiger charge is -2.26. The molecule has 1 aliphatic rings. The quantitative estimate of drug-likeness (QED) is 0.837. The van der Waals surface area contributed by atoms with E-state index >= 15 is 0 Å². The van der Waals surface area contributed by atoms with Crippen molar-refractivity contribution in [3.8, 4) is 6.07 Å². The van der Waals surface area contributed by atoms with E-state index in [1.165, 1.54) is 11.3 Å². The number of fused-ring (bicyclic) bond motifs is 1. The topological polar surface area (TPSA) is 85.7 Å². The average molecular weight is 398 g/mol. The number of likely N-dealkylation sites (N-methyl/N-ethyl adjacent to an activating group) is 1. The van der Waals surface area contributed by atoms with Crippen molar-refractivity contribution in [3.05, 3.63) is 51.9 Å². The van der Waals surface area contributed by atoms with Crippen molar-refractivity contribution in [2.75, 3.05) is 39.1 Å². The minimum atomic E-state index is -0.353. The van der Waals surface area contributed by atoms with Crippen LogP contribution in [0.25, 0.3) is 0 Å². The number of hydrogen-bond donors (Lipinski definition) is 1. The molecule has 1 aliphatic heterocycles. The predicted octanol–water partition coefficient (Wildman–Crippen LogP) is 2.93. The number of rotatable bonds is 5. The number of nitrogens with zero attached hydrogens (tertiary/aromatic N) is 3. The van der Waals surface area contributed by atoms with Crippen LogP contribution in [0.3, 0.4) is 0 Å². The van der Waals surface area contributed by atoms with Gasteiger partial charge in [0.25, 0.3) is 5.91 Å². The Hall–Kier alpha value is -2.89. The van der Waals surface area contributed by atoms with Gasteiger partial charge in [-0.3, -0.25) is 4.79 Å². The molecule has 0 bridgehead atoms. The highest BCUT2D eigenvalue weighted by atomic mass is 32.1. The first-order chi connectivity index (χ1) is 13.5. The molecule has 0 fully saturated rings. The summed E-state index contributed by atoms with van der Waals surface area (Å²) < 4.78 is 5.31. The lowest BCUT2D eigenvalue weighted by atomic mass is 10.0. The number of nitriles is 1. The second kappa shape index (κ2) is 8.87. The molecule has 0 saturated carbocycles. The van der Waals surface area contributed by atoms with Crippen molar-refractivity contribution in [1.29, 1.82) is 5.26 Å². The van der Waals surface area contributed by atoms with Crippen molar-refractivity contribution in [2.24, 2.45) is 0 Å². The highest BCUT2D eigenvalue weighted by molar-refractivity contribution is 7.16. The molecule has 146 valence electrons. The fourth-order valence-corrected chi connectivity index (χ4v) is 4.15. The second-order valence-electron chi connectivity index (χ2n) is 6.73. The van der Waals surface area contributed by atoms with Gasteiger partial charge in [0, 0.05) is 23.5 Å². The maximum atomic E-state index is 12.4. The second-order valence-corrected chi connectivity index (χ2v) is 7.83. The van der Waals surface area contributed by atoms with E-state index in [0.29, 0.717) is 48.8 Å². The zero-order valence-electron chi connectivity index (χ0n) is 15.9. The summed E-state index contributed by atoms with van der Waals surface area (Å²) in [5.41, 5.74) is 1.93. The predicted molar refractivity (Wildman–Crippen MR) is 107 cm³/mol. The van der Waals surface area contributed by atoms with E-state index in [1.807, 2.05) is 25.1 Å². The van der Waals surface area contributed by atoms with E-state index in [9.17, 15) is 14.9 Å². The molecule has 0 spiro atoms.